The molecule has 1 aromatic heterocycles. The van der Waals surface area contributed by atoms with Crippen LogP contribution in [0.4, 0.5) is 0 Å². The second-order valence-corrected chi connectivity index (χ2v) is 5.85. The number of benzene rings is 2. The van der Waals surface area contributed by atoms with E-state index >= 15 is 0 Å². The van der Waals surface area contributed by atoms with E-state index in [0.29, 0.717) is 12.2 Å². The average Bonchev–Trinajstić information content (AvgIpc) is 2.97. The number of furan rings is 1. The van der Waals surface area contributed by atoms with Crippen LogP contribution in [-0.4, -0.2) is 12.6 Å². The van der Waals surface area contributed by atoms with E-state index < -0.39 is 5.97 Å². The summed E-state index contributed by atoms with van der Waals surface area (Å²) in [4.78, 5) is 12.8. The van der Waals surface area contributed by atoms with Gasteiger partial charge in [0.15, 0.2) is 0 Å². The summed E-state index contributed by atoms with van der Waals surface area (Å²) in [6.07, 6.45) is 0. The number of ether oxygens (including phenoxy) is 1. The summed E-state index contributed by atoms with van der Waals surface area (Å²) in [5.41, 5.74) is 1.99. The molecule has 0 saturated heterocycles. The van der Waals surface area contributed by atoms with E-state index in [4.69, 9.17) is 9.15 Å². The molecule has 3 aromatic rings. The largest absolute Gasteiger partial charge is 0.460 e. The monoisotopic (exact) mass is 312 g/mol. The van der Waals surface area contributed by atoms with Crippen molar-refractivity contribution < 1.29 is 13.9 Å². The van der Waals surface area contributed by atoms with Crippen molar-refractivity contribution in [2.75, 3.05) is 6.61 Å². The SMILES string of the molecule is CCOC(=O)c1cc2ccc(SCc3ccccc3)cc2o1. The topological polar surface area (TPSA) is 39.4 Å². The van der Waals surface area contributed by atoms with Crippen LogP contribution >= 0.6 is 11.8 Å². The molecule has 0 aliphatic carbocycles. The summed E-state index contributed by atoms with van der Waals surface area (Å²) in [5, 5.41) is 0.909. The zero-order valence-corrected chi connectivity index (χ0v) is 13.1. The lowest BCUT2D eigenvalue weighted by molar-refractivity contribution is 0.0492. The van der Waals surface area contributed by atoms with Gasteiger partial charge in [0.2, 0.25) is 5.76 Å². The van der Waals surface area contributed by atoms with E-state index in [1.807, 2.05) is 36.4 Å². The lowest BCUT2D eigenvalue weighted by Crippen LogP contribution is -2.02. The Morgan fingerprint density at radius 3 is 2.73 bits per heavy atom. The number of thioether (sulfide) groups is 1. The lowest BCUT2D eigenvalue weighted by Gasteiger charge is -2.01. The predicted molar refractivity (Wildman–Crippen MR) is 88.2 cm³/mol. The highest BCUT2D eigenvalue weighted by Gasteiger charge is 2.13. The van der Waals surface area contributed by atoms with Crippen LogP contribution in [0.15, 0.2) is 63.9 Å². The van der Waals surface area contributed by atoms with Crippen molar-refractivity contribution in [2.45, 2.75) is 17.6 Å². The second-order valence-electron chi connectivity index (χ2n) is 4.81. The molecule has 0 spiro atoms. The maximum absolute atomic E-state index is 11.7. The van der Waals surface area contributed by atoms with Crippen molar-refractivity contribution in [3.63, 3.8) is 0 Å². The van der Waals surface area contributed by atoms with Gasteiger partial charge in [0.25, 0.3) is 0 Å². The van der Waals surface area contributed by atoms with E-state index in [0.717, 1.165) is 16.0 Å². The van der Waals surface area contributed by atoms with Crippen molar-refractivity contribution >= 4 is 28.7 Å². The average molecular weight is 312 g/mol. The van der Waals surface area contributed by atoms with Crippen LogP contribution in [0.1, 0.15) is 23.0 Å². The Bertz CT molecular complexity index is 777. The molecule has 3 rings (SSSR count). The molecule has 112 valence electrons. The van der Waals surface area contributed by atoms with Crippen LogP contribution in [-0.2, 0) is 10.5 Å². The predicted octanol–water partition coefficient (Wildman–Crippen LogP) is 4.90. The molecule has 1 heterocycles. The Morgan fingerprint density at radius 2 is 1.95 bits per heavy atom. The molecule has 0 N–H and O–H groups in total. The Hall–Kier alpha value is -2.20. The number of esters is 1. The molecule has 3 nitrogen and oxygen atoms in total. The van der Waals surface area contributed by atoms with E-state index in [9.17, 15) is 4.79 Å². The highest BCUT2D eigenvalue weighted by atomic mass is 32.2. The number of carbonyl (C=O) groups excluding carboxylic acids is 1. The van der Waals surface area contributed by atoms with Gasteiger partial charge >= 0.3 is 5.97 Å². The highest BCUT2D eigenvalue weighted by Crippen LogP contribution is 2.28. The van der Waals surface area contributed by atoms with Crippen molar-refractivity contribution in [1.82, 2.24) is 0 Å². The van der Waals surface area contributed by atoms with E-state index in [2.05, 4.69) is 12.1 Å². The smallest absolute Gasteiger partial charge is 0.374 e. The third kappa shape index (κ3) is 3.34. The fraction of sp³-hybridized carbons (Fsp3) is 0.167. The normalized spacial score (nSPS) is 10.8. The first-order chi connectivity index (χ1) is 10.8. The summed E-state index contributed by atoms with van der Waals surface area (Å²) >= 11 is 1.74. The second kappa shape index (κ2) is 6.71. The lowest BCUT2D eigenvalue weighted by atomic mass is 10.2. The van der Waals surface area contributed by atoms with Gasteiger partial charge in [-0.3, -0.25) is 0 Å². The van der Waals surface area contributed by atoms with Crippen molar-refractivity contribution in [3.8, 4) is 0 Å². The Morgan fingerprint density at radius 1 is 1.14 bits per heavy atom. The van der Waals surface area contributed by atoms with Gasteiger partial charge in [0.05, 0.1) is 6.61 Å². The number of hydrogen-bond acceptors (Lipinski definition) is 4. The molecule has 0 bridgehead atoms. The van der Waals surface area contributed by atoms with Gasteiger partial charge in [0, 0.05) is 16.0 Å². The Labute approximate surface area is 133 Å². The molecule has 0 aliphatic heterocycles. The minimum absolute atomic E-state index is 0.252. The molecule has 0 aliphatic rings. The zero-order valence-electron chi connectivity index (χ0n) is 12.2. The fourth-order valence-electron chi connectivity index (χ4n) is 2.14. The molecular weight excluding hydrogens is 296 g/mol. The first kappa shape index (κ1) is 14.7. The minimum atomic E-state index is -0.419. The summed E-state index contributed by atoms with van der Waals surface area (Å²) in [6, 6.07) is 18.0. The van der Waals surface area contributed by atoms with Gasteiger partial charge in [-0.1, -0.05) is 30.3 Å². The molecule has 0 fully saturated rings. The number of hydrogen-bond donors (Lipinski definition) is 0. The molecule has 0 atom stereocenters. The van der Waals surface area contributed by atoms with Gasteiger partial charge in [-0.25, -0.2) is 4.79 Å². The summed E-state index contributed by atoms with van der Waals surface area (Å²) in [5.74, 6) is 0.733. The summed E-state index contributed by atoms with van der Waals surface area (Å²) in [6.45, 7) is 2.12. The van der Waals surface area contributed by atoms with Gasteiger partial charge < -0.3 is 9.15 Å². The zero-order chi connectivity index (χ0) is 15.4. The third-order valence-corrected chi connectivity index (χ3v) is 4.28. The molecular formula is C18H16O3S. The maximum Gasteiger partial charge on any atom is 0.374 e. The van der Waals surface area contributed by atoms with E-state index in [-0.39, 0.29) is 5.76 Å². The van der Waals surface area contributed by atoms with E-state index in [1.54, 1.807) is 24.8 Å². The van der Waals surface area contributed by atoms with Crippen molar-refractivity contribution in [1.29, 1.82) is 0 Å². The van der Waals surface area contributed by atoms with Gasteiger partial charge in [-0.2, -0.15) is 0 Å². The van der Waals surface area contributed by atoms with Crippen LogP contribution in [0.2, 0.25) is 0 Å². The first-order valence-corrected chi connectivity index (χ1v) is 8.12. The quantitative estimate of drug-likeness (QED) is 0.496. The Balaban J connectivity index is 1.76. The summed E-state index contributed by atoms with van der Waals surface area (Å²) in [7, 11) is 0. The summed E-state index contributed by atoms with van der Waals surface area (Å²) < 4.78 is 10.5. The fourth-order valence-corrected chi connectivity index (χ4v) is 3.03. The van der Waals surface area contributed by atoms with Crippen LogP contribution < -0.4 is 0 Å². The molecule has 4 heteroatoms. The number of carbonyl (C=O) groups is 1. The Kier molecular flexibility index (Phi) is 4.49. The van der Waals surface area contributed by atoms with Gasteiger partial charge in [-0.15, -0.1) is 11.8 Å². The van der Waals surface area contributed by atoms with Gasteiger partial charge in [0.1, 0.15) is 5.58 Å². The molecule has 0 saturated carbocycles. The standard InChI is InChI=1S/C18H16O3S/c1-2-20-18(19)17-10-14-8-9-15(11-16(14)21-17)22-12-13-6-4-3-5-7-13/h3-11H,2,12H2,1H3. The van der Waals surface area contributed by atoms with Gasteiger partial charge in [-0.05, 0) is 36.8 Å². The van der Waals surface area contributed by atoms with Crippen molar-refractivity contribution in [3.05, 3.63) is 65.9 Å². The van der Waals surface area contributed by atoms with Crippen LogP contribution in [0, 0.1) is 0 Å². The number of rotatable bonds is 5. The minimum Gasteiger partial charge on any atom is -0.460 e. The number of fused-ring (bicyclic) bond motifs is 1. The highest BCUT2D eigenvalue weighted by molar-refractivity contribution is 7.98. The van der Waals surface area contributed by atoms with Crippen LogP contribution in [0.25, 0.3) is 11.0 Å². The van der Waals surface area contributed by atoms with Crippen LogP contribution in [0.3, 0.4) is 0 Å². The molecule has 2 aromatic carbocycles. The maximum atomic E-state index is 11.7. The van der Waals surface area contributed by atoms with E-state index in [1.165, 1.54) is 5.56 Å². The molecule has 0 radical (unpaired) electrons. The first-order valence-electron chi connectivity index (χ1n) is 7.13. The third-order valence-electron chi connectivity index (χ3n) is 3.22. The molecule has 22 heavy (non-hydrogen) atoms. The molecule has 0 amide bonds. The molecule has 0 unspecified atom stereocenters. The van der Waals surface area contributed by atoms with Crippen LogP contribution in [0.5, 0.6) is 0 Å². The van der Waals surface area contributed by atoms with Crippen molar-refractivity contribution in [2.24, 2.45) is 0 Å².